The Morgan fingerprint density at radius 3 is 2.55 bits per heavy atom. The number of amides is 1. The van der Waals surface area contributed by atoms with Crippen LogP contribution < -0.4 is 10.6 Å². The zero-order valence-corrected chi connectivity index (χ0v) is 18.7. The van der Waals surface area contributed by atoms with E-state index in [1.807, 2.05) is 13.0 Å². The highest BCUT2D eigenvalue weighted by molar-refractivity contribution is 6.09. The topological polar surface area (TPSA) is 83.4 Å². The molecular formula is C24H30FN3O3. The fourth-order valence-corrected chi connectivity index (χ4v) is 4.20. The van der Waals surface area contributed by atoms with Crippen LogP contribution in [0, 0.1) is 26.6 Å². The lowest BCUT2D eigenvalue weighted by molar-refractivity contribution is 0.0550. The van der Waals surface area contributed by atoms with Crippen LogP contribution in [0.5, 0.6) is 0 Å². The Balaban J connectivity index is 1.85. The highest BCUT2D eigenvalue weighted by Crippen LogP contribution is 2.26. The minimum absolute atomic E-state index is 0.285. The van der Waals surface area contributed by atoms with E-state index in [1.165, 1.54) is 12.1 Å². The predicted molar refractivity (Wildman–Crippen MR) is 119 cm³/mol. The first-order valence-electron chi connectivity index (χ1n) is 10.4. The van der Waals surface area contributed by atoms with Gasteiger partial charge in [0.15, 0.2) is 6.23 Å². The number of aryl methyl sites for hydroxylation is 1. The van der Waals surface area contributed by atoms with Gasteiger partial charge in [-0.2, -0.15) is 0 Å². The smallest absolute Gasteiger partial charge is 0.257 e. The number of carbonyl (C=O) groups excluding carboxylic acids is 2. The number of ketones is 1. The fraction of sp³-hybridized carbons (Fsp3) is 0.417. The first kappa shape index (κ1) is 22.9. The molecule has 2 unspecified atom stereocenters. The second kappa shape index (κ2) is 8.77. The molecule has 1 heterocycles. The van der Waals surface area contributed by atoms with Gasteiger partial charge in [0.25, 0.3) is 5.91 Å². The summed E-state index contributed by atoms with van der Waals surface area (Å²) in [5.74, 6) is -1.21. The van der Waals surface area contributed by atoms with Crippen LogP contribution in [-0.4, -0.2) is 33.1 Å². The van der Waals surface area contributed by atoms with Crippen LogP contribution >= 0.6 is 0 Å². The van der Waals surface area contributed by atoms with Gasteiger partial charge in [-0.1, -0.05) is 12.2 Å². The number of anilines is 1. The zero-order chi connectivity index (χ0) is 22.9. The lowest BCUT2D eigenvalue weighted by Crippen LogP contribution is -2.52. The van der Waals surface area contributed by atoms with Crippen molar-refractivity contribution in [2.24, 2.45) is 7.05 Å². The Labute approximate surface area is 182 Å². The Morgan fingerprint density at radius 2 is 1.94 bits per heavy atom. The van der Waals surface area contributed by atoms with Crippen LogP contribution in [-0.2, 0) is 7.05 Å². The van der Waals surface area contributed by atoms with Crippen molar-refractivity contribution in [2.45, 2.75) is 58.7 Å². The molecule has 1 aliphatic rings. The molecule has 1 aliphatic carbocycles. The van der Waals surface area contributed by atoms with Gasteiger partial charge in [0.2, 0.25) is 5.78 Å². The first-order valence-corrected chi connectivity index (χ1v) is 10.4. The van der Waals surface area contributed by atoms with Crippen LogP contribution in [0.3, 0.4) is 0 Å². The van der Waals surface area contributed by atoms with Crippen LogP contribution in [0.15, 0.2) is 30.4 Å². The van der Waals surface area contributed by atoms with Gasteiger partial charge in [0.05, 0.1) is 11.3 Å². The number of allylic oxidation sites excluding steroid dienone is 1. The number of aromatic nitrogens is 1. The number of Topliss-reactive ketones (excluding diaryl/α,β-unsaturated/α-hetero) is 1. The summed E-state index contributed by atoms with van der Waals surface area (Å²) in [6.07, 6.45) is 5.21. The molecule has 2 atom stereocenters. The summed E-state index contributed by atoms with van der Waals surface area (Å²) in [4.78, 5) is 26.1. The second-order valence-electron chi connectivity index (χ2n) is 8.60. The summed E-state index contributed by atoms with van der Waals surface area (Å²) >= 11 is 0. The third kappa shape index (κ3) is 4.62. The van der Waals surface area contributed by atoms with Crippen molar-refractivity contribution in [3.8, 4) is 0 Å². The number of halogens is 1. The second-order valence-corrected chi connectivity index (χ2v) is 8.60. The Bertz CT molecular complexity index is 1060. The lowest BCUT2D eigenvalue weighted by Gasteiger charge is -2.34. The van der Waals surface area contributed by atoms with E-state index in [9.17, 15) is 19.1 Å². The number of hydrogen-bond donors (Lipinski definition) is 3. The van der Waals surface area contributed by atoms with E-state index < -0.39 is 12.0 Å². The van der Waals surface area contributed by atoms with Gasteiger partial charge in [0.1, 0.15) is 5.82 Å². The molecule has 0 saturated carbocycles. The number of aliphatic hydroxyl groups excluding tert-OH is 1. The van der Waals surface area contributed by atoms with E-state index >= 15 is 0 Å². The summed E-state index contributed by atoms with van der Waals surface area (Å²) < 4.78 is 15.2. The van der Waals surface area contributed by atoms with E-state index in [1.54, 1.807) is 38.5 Å². The molecule has 1 aromatic heterocycles. The Kier molecular flexibility index (Phi) is 6.48. The number of carbonyl (C=O) groups is 2. The van der Waals surface area contributed by atoms with E-state index in [0.717, 1.165) is 19.3 Å². The van der Waals surface area contributed by atoms with Crippen molar-refractivity contribution in [3.05, 3.63) is 64.2 Å². The third-order valence-electron chi connectivity index (χ3n) is 6.14. The molecular weight excluding hydrogens is 397 g/mol. The normalized spacial score (nSPS) is 19.3. The van der Waals surface area contributed by atoms with Gasteiger partial charge in [-0.05, 0) is 76.3 Å². The number of rotatable bonds is 6. The molecule has 3 N–H and O–H groups in total. The maximum absolute atomic E-state index is 13.5. The van der Waals surface area contributed by atoms with Crippen molar-refractivity contribution in [1.29, 1.82) is 0 Å². The molecule has 0 spiro atoms. The fourth-order valence-electron chi connectivity index (χ4n) is 4.20. The monoisotopic (exact) mass is 427 g/mol. The summed E-state index contributed by atoms with van der Waals surface area (Å²) in [5.41, 5.74) is 2.29. The molecule has 0 radical (unpaired) electrons. The molecule has 0 bridgehead atoms. The van der Waals surface area contributed by atoms with Gasteiger partial charge in [0, 0.05) is 24.0 Å². The average molecular weight is 428 g/mol. The Hall–Kier alpha value is -2.77. The van der Waals surface area contributed by atoms with Gasteiger partial charge < -0.3 is 15.0 Å². The molecule has 3 rings (SSSR count). The SMILES string of the molecule is Cc1cc(NC(=O)c2c(C)c(C(=O)C(O)NC3(C)CC=CCC3)n(C)c2C)ccc1F. The molecule has 166 valence electrons. The predicted octanol–water partition coefficient (Wildman–Crippen LogP) is 3.93. The lowest BCUT2D eigenvalue weighted by atomic mass is 9.87. The maximum Gasteiger partial charge on any atom is 0.257 e. The maximum atomic E-state index is 13.5. The number of aliphatic hydroxyl groups is 1. The number of nitrogens with zero attached hydrogens (tertiary/aromatic N) is 1. The van der Waals surface area contributed by atoms with E-state index in [-0.39, 0.29) is 23.0 Å². The Morgan fingerprint density at radius 1 is 1.23 bits per heavy atom. The molecule has 1 amide bonds. The molecule has 6 nitrogen and oxygen atoms in total. The van der Waals surface area contributed by atoms with Crippen molar-refractivity contribution < 1.29 is 19.1 Å². The summed E-state index contributed by atoms with van der Waals surface area (Å²) in [5, 5.41) is 16.5. The first-order chi connectivity index (χ1) is 14.5. The molecule has 0 saturated heterocycles. The molecule has 31 heavy (non-hydrogen) atoms. The van der Waals surface area contributed by atoms with Gasteiger partial charge in [-0.3, -0.25) is 14.9 Å². The number of benzene rings is 1. The van der Waals surface area contributed by atoms with Crippen molar-refractivity contribution in [2.75, 3.05) is 5.32 Å². The third-order valence-corrected chi connectivity index (χ3v) is 6.14. The van der Waals surface area contributed by atoms with Gasteiger partial charge in [-0.25, -0.2) is 4.39 Å². The van der Waals surface area contributed by atoms with E-state index in [4.69, 9.17) is 0 Å². The van der Waals surface area contributed by atoms with Gasteiger partial charge in [-0.15, -0.1) is 0 Å². The standard InChI is InChI=1S/C24H30FN3O3/c1-14-13-17(9-10-18(14)25)26-22(30)19-15(2)20(28(5)16(19)3)21(29)23(31)27-24(4)11-7-6-8-12-24/h6-7,9-10,13,23,27,31H,8,11-12H2,1-5H3,(H,26,30). The molecule has 0 fully saturated rings. The van der Waals surface area contributed by atoms with Crippen LogP contribution in [0.2, 0.25) is 0 Å². The average Bonchev–Trinajstić information content (AvgIpc) is 2.93. The molecule has 7 heteroatoms. The molecule has 1 aromatic carbocycles. The minimum Gasteiger partial charge on any atom is -0.371 e. The number of hydrogen-bond acceptors (Lipinski definition) is 4. The largest absolute Gasteiger partial charge is 0.371 e. The van der Waals surface area contributed by atoms with Crippen LogP contribution in [0.25, 0.3) is 0 Å². The summed E-state index contributed by atoms with van der Waals surface area (Å²) in [6, 6.07) is 4.35. The highest BCUT2D eigenvalue weighted by Gasteiger charge is 2.33. The quantitative estimate of drug-likeness (QED) is 0.371. The van der Waals surface area contributed by atoms with Crippen LogP contribution in [0.1, 0.15) is 63.9 Å². The zero-order valence-electron chi connectivity index (χ0n) is 18.7. The van der Waals surface area contributed by atoms with Crippen molar-refractivity contribution in [1.82, 2.24) is 9.88 Å². The summed E-state index contributed by atoms with van der Waals surface area (Å²) in [7, 11) is 1.70. The van der Waals surface area contributed by atoms with Crippen molar-refractivity contribution >= 4 is 17.4 Å². The highest BCUT2D eigenvalue weighted by atomic mass is 19.1. The van der Waals surface area contributed by atoms with E-state index in [2.05, 4.69) is 16.7 Å². The molecule has 2 aromatic rings. The summed E-state index contributed by atoms with van der Waals surface area (Å²) in [6.45, 7) is 7.06. The molecule has 0 aliphatic heterocycles. The van der Waals surface area contributed by atoms with Gasteiger partial charge >= 0.3 is 0 Å². The van der Waals surface area contributed by atoms with Crippen LogP contribution in [0.4, 0.5) is 10.1 Å². The van der Waals surface area contributed by atoms with E-state index in [0.29, 0.717) is 28.1 Å². The minimum atomic E-state index is -1.38. The van der Waals surface area contributed by atoms with Crippen molar-refractivity contribution in [3.63, 3.8) is 0 Å². The number of nitrogens with one attached hydrogen (secondary N) is 2.